The molecule has 102 valence electrons. The minimum atomic E-state index is -0.0229. The van der Waals surface area contributed by atoms with Gasteiger partial charge in [0.2, 0.25) is 0 Å². The quantitative estimate of drug-likeness (QED) is 0.763. The third-order valence-electron chi connectivity index (χ3n) is 4.33. The second kappa shape index (κ2) is 6.69. The fourth-order valence-electron chi connectivity index (χ4n) is 3.10. The summed E-state index contributed by atoms with van der Waals surface area (Å²) in [7, 11) is 5.69. The van der Waals surface area contributed by atoms with E-state index >= 15 is 0 Å². The average Bonchev–Trinajstić information content (AvgIpc) is 2.37. The van der Waals surface area contributed by atoms with E-state index in [0.29, 0.717) is 12.6 Å². The van der Waals surface area contributed by atoms with Gasteiger partial charge >= 0.3 is 0 Å². The summed E-state index contributed by atoms with van der Waals surface area (Å²) in [6.07, 6.45) is 4.95. The van der Waals surface area contributed by atoms with Crippen LogP contribution in [0, 0.1) is 0 Å². The SMILES string of the molecule is COCC(C)N(C)C1(CN)CCCCC1OC. The van der Waals surface area contributed by atoms with Crippen molar-refractivity contribution in [1.29, 1.82) is 0 Å². The molecule has 1 aliphatic carbocycles. The lowest BCUT2D eigenvalue weighted by atomic mass is 9.77. The lowest BCUT2D eigenvalue weighted by Crippen LogP contribution is -2.64. The first-order chi connectivity index (χ1) is 8.12. The van der Waals surface area contributed by atoms with E-state index in [4.69, 9.17) is 15.2 Å². The maximum absolute atomic E-state index is 6.08. The highest BCUT2D eigenvalue weighted by Gasteiger charge is 2.44. The van der Waals surface area contributed by atoms with E-state index in [9.17, 15) is 0 Å². The Morgan fingerprint density at radius 1 is 1.41 bits per heavy atom. The van der Waals surface area contributed by atoms with Gasteiger partial charge in [0, 0.05) is 26.8 Å². The molecule has 1 fully saturated rings. The van der Waals surface area contributed by atoms with Gasteiger partial charge < -0.3 is 15.2 Å². The number of methoxy groups -OCH3 is 2. The molecule has 0 heterocycles. The first-order valence-electron chi connectivity index (χ1n) is 6.57. The molecule has 1 rings (SSSR count). The molecule has 0 aromatic heterocycles. The average molecular weight is 244 g/mol. The van der Waals surface area contributed by atoms with Gasteiger partial charge in [-0.05, 0) is 26.8 Å². The van der Waals surface area contributed by atoms with E-state index in [1.807, 2.05) is 0 Å². The molecule has 0 radical (unpaired) electrons. The number of hydrogen-bond donors (Lipinski definition) is 1. The van der Waals surface area contributed by atoms with Gasteiger partial charge in [0.05, 0.1) is 18.2 Å². The van der Waals surface area contributed by atoms with Gasteiger partial charge in [0.15, 0.2) is 0 Å². The molecular formula is C13H28N2O2. The zero-order chi connectivity index (χ0) is 12.9. The van der Waals surface area contributed by atoms with Crippen LogP contribution in [0.5, 0.6) is 0 Å². The van der Waals surface area contributed by atoms with Crippen LogP contribution in [-0.4, -0.2) is 57.0 Å². The number of hydrogen-bond acceptors (Lipinski definition) is 4. The maximum atomic E-state index is 6.08. The van der Waals surface area contributed by atoms with Gasteiger partial charge in [-0.1, -0.05) is 12.8 Å². The van der Waals surface area contributed by atoms with Crippen LogP contribution in [0.15, 0.2) is 0 Å². The summed E-state index contributed by atoms with van der Waals surface area (Å²) in [6, 6.07) is 0.360. The van der Waals surface area contributed by atoms with Gasteiger partial charge in [-0.25, -0.2) is 0 Å². The van der Waals surface area contributed by atoms with Crippen molar-refractivity contribution in [2.24, 2.45) is 5.73 Å². The first kappa shape index (κ1) is 14.9. The molecule has 0 spiro atoms. The van der Waals surface area contributed by atoms with E-state index in [-0.39, 0.29) is 11.6 Å². The zero-order valence-electron chi connectivity index (χ0n) is 11.7. The second-order valence-corrected chi connectivity index (χ2v) is 5.19. The molecule has 17 heavy (non-hydrogen) atoms. The normalized spacial score (nSPS) is 31.8. The Hall–Kier alpha value is -0.160. The van der Waals surface area contributed by atoms with Gasteiger partial charge in [0.25, 0.3) is 0 Å². The number of likely N-dealkylation sites (N-methyl/N-ethyl adjacent to an activating group) is 1. The molecule has 4 heteroatoms. The molecule has 0 aromatic rings. The summed E-state index contributed by atoms with van der Waals surface area (Å²) in [6.45, 7) is 3.56. The van der Waals surface area contributed by atoms with Crippen LogP contribution in [0.3, 0.4) is 0 Å². The highest BCUT2D eigenvalue weighted by Crippen LogP contribution is 2.35. The molecule has 0 bridgehead atoms. The van der Waals surface area contributed by atoms with Gasteiger partial charge in [-0.2, -0.15) is 0 Å². The Labute approximate surface area is 105 Å². The molecule has 0 aliphatic heterocycles. The molecule has 0 amide bonds. The van der Waals surface area contributed by atoms with Crippen molar-refractivity contribution in [3.63, 3.8) is 0 Å². The third kappa shape index (κ3) is 2.99. The largest absolute Gasteiger partial charge is 0.383 e. The molecule has 2 N–H and O–H groups in total. The molecule has 3 unspecified atom stereocenters. The van der Waals surface area contributed by atoms with E-state index in [0.717, 1.165) is 19.4 Å². The van der Waals surface area contributed by atoms with Crippen LogP contribution in [0.25, 0.3) is 0 Å². The molecule has 4 nitrogen and oxygen atoms in total. The Morgan fingerprint density at radius 2 is 2.12 bits per heavy atom. The summed E-state index contributed by atoms with van der Waals surface area (Å²) >= 11 is 0. The zero-order valence-corrected chi connectivity index (χ0v) is 11.7. The highest BCUT2D eigenvalue weighted by atomic mass is 16.5. The smallest absolute Gasteiger partial charge is 0.0767 e. The van der Waals surface area contributed by atoms with Crippen molar-refractivity contribution in [2.75, 3.05) is 34.4 Å². The van der Waals surface area contributed by atoms with Crippen LogP contribution in [0.1, 0.15) is 32.6 Å². The van der Waals surface area contributed by atoms with Gasteiger partial charge in [-0.15, -0.1) is 0 Å². The standard InChI is InChI=1S/C13H28N2O2/c1-11(9-16-3)15(2)13(10-14)8-6-5-7-12(13)17-4/h11-12H,5-10,14H2,1-4H3. The summed E-state index contributed by atoms with van der Waals surface area (Å²) in [5.41, 5.74) is 6.05. The summed E-state index contributed by atoms with van der Waals surface area (Å²) in [4.78, 5) is 2.36. The fourth-order valence-corrected chi connectivity index (χ4v) is 3.10. The third-order valence-corrected chi connectivity index (χ3v) is 4.33. The molecule has 0 aromatic carbocycles. The molecule has 1 aliphatic rings. The van der Waals surface area contributed by atoms with Gasteiger partial charge in [0.1, 0.15) is 0 Å². The van der Waals surface area contributed by atoms with Crippen LogP contribution in [0.4, 0.5) is 0 Å². The van der Waals surface area contributed by atoms with Crippen molar-refractivity contribution in [2.45, 2.75) is 50.3 Å². The van der Waals surface area contributed by atoms with Crippen LogP contribution in [-0.2, 0) is 9.47 Å². The van der Waals surface area contributed by atoms with Crippen molar-refractivity contribution in [3.05, 3.63) is 0 Å². The number of ether oxygens (including phenoxy) is 2. The summed E-state index contributed by atoms with van der Waals surface area (Å²) in [5, 5.41) is 0. The Kier molecular flexibility index (Phi) is 5.86. The second-order valence-electron chi connectivity index (χ2n) is 5.19. The Balaban J connectivity index is 2.83. The van der Waals surface area contributed by atoms with Crippen LogP contribution < -0.4 is 5.73 Å². The Morgan fingerprint density at radius 3 is 2.65 bits per heavy atom. The molecule has 0 saturated heterocycles. The summed E-state index contributed by atoms with van der Waals surface area (Å²) in [5.74, 6) is 0. The fraction of sp³-hybridized carbons (Fsp3) is 1.00. The maximum Gasteiger partial charge on any atom is 0.0767 e. The van der Waals surface area contributed by atoms with E-state index in [1.54, 1.807) is 14.2 Å². The topological polar surface area (TPSA) is 47.7 Å². The van der Waals surface area contributed by atoms with Crippen molar-refractivity contribution in [1.82, 2.24) is 4.90 Å². The number of nitrogens with two attached hydrogens (primary N) is 1. The van der Waals surface area contributed by atoms with E-state index in [2.05, 4.69) is 18.9 Å². The lowest BCUT2D eigenvalue weighted by molar-refractivity contribution is -0.0862. The van der Waals surface area contributed by atoms with Crippen LogP contribution in [0.2, 0.25) is 0 Å². The predicted octanol–water partition coefficient (Wildman–Crippen LogP) is 1.24. The van der Waals surface area contributed by atoms with Crippen molar-refractivity contribution in [3.8, 4) is 0 Å². The van der Waals surface area contributed by atoms with E-state index < -0.39 is 0 Å². The van der Waals surface area contributed by atoms with Gasteiger partial charge in [-0.3, -0.25) is 4.90 Å². The minimum absolute atomic E-state index is 0.0229. The molecule has 1 saturated carbocycles. The van der Waals surface area contributed by atoms with E-state index in [1.165, 1.54) is 12.8 Å². The minimum Gasteiger partial charge on any atom is -0.383 e. The Bertz CT molecular complexity index is 225. The lowest BCUT2D eigenvalue weighted by Gasteiger charge is -2.50. The first-order valence-corrected chi connectivity index (χ1v) is 6.57. The monoisotopic (exact) mass is 244 g/mol. The van der Waals surface area contributed by atoms with Crippen molar-refractivity contribution < 1.29 is 9.47 Å². The van der Waals surface area contributed by atoms with Crippen molar-refractivity contribution >= 4 is 0 Å². The summed E-state index contributed by atoms with van der Waals surface area (Å²) < 4.78 is 10.9. The highest BCUT2D eigenvalue weighted by molar-refractivity contribution is 5.01. The number of nitrogens with zero attached hydrogens (tertiary/aromatic N) is 1. The molecular weight excluding hydrogens is 216 g/mol. The number of rotatable bonds is 6. The predicted molar refractivity (Wildman–Crippen MR) is 70.2 cm³/mol. The molecule has 3 atom stereocenters. The van der Waals surface area contributed by atoms with Crippen LogP contribution >= 0.6 is 0 Å².